The Bertz CT molecular complexity index is 682. The van der Waals surface area contributed by atoms with Gasteiger partial charge in [0.05, 0.1) is 23.4 Å². The highest BCUT2D eigenvalue weighted by molar-refractivity contribution is 6.11. The summed E-state index contributed by atoms with van der Waals surface area (Å²) in [5.41, 5.74) is 0.591. The zero-order valence-corrected chi connectivity index (χ0v) is 12.2. The second-order valence-electron chi connectivity index (χ2n) is 4.65. The van der Waals surface area contributed by atoms with Gasteiger partial charge in [-0.15, -0.1) is 0 Å². The van der Waals surface area contributed by atoms with Gasteiger partial charge in [-0.25, -0.2) is 4.79 Å². The van der Waals surface area contributed by atoms with E-state index in [0.29, 0.717) is 18.0 Å². The van der Waals surface area contributed by atoms with E-state index in [0.717, 1.165) is 6.42 Å². The number of para-hydroxylation sites is 2. The maximum Gasteiger partial charge on any atom is 0.336 e. The van der Waals surface area contributed by atoms with Crippen molar-refractivity contribution in [3.05, 3.63) is 59.7 Å². The van der Waals surface area contributed by atoms with E-state index in [9.17, 15) is 9.59 Å². The van der Waals surface area contributed by atoms with E-state index in [4.69, 9.17) is 9.84 Å². The number of carbonyl (C=O) groups excluding carboxylic acids is 1. The monoisotopic (exact) mass is 299 g/mol. The van der Waals surface area contributed by atoms with Crippen LogP contribution in [-0.2, 0) is 0 Å². The Hall–Kier alpha value is -2.82. The lowest BCUT2D eigenvalue weighted by Gasteiger charge is -2.12. The molecule has 2 aromatic carbocycles. The van der Waals surface area contributed by atoms with Gasteiger partial charge < -0.3 is 15.2 Å². The maximum atomic E-state index is 12.3. The molecule has 0 aliphatic rings. The summed E-state index contributed by atoms with van der Waals surface area (Å²) in [4.78, 5) is 23.5. The number of benzene rings is 2. The van der Waals surface area contributed by atoms with Crippen LogP contribution in [0.1, 0.15) is 34.1 Å². The van der Waals surface area contributed by atoms with E-state index < -0.39 is 11.9 Å². The van der Waals surface area contributed by atoms with Crippen LogP contribution < -0.4 is 10.1 Å². The van der Waals surface area contributed by atoms with Gasteiger partial charge in [0.15, 0.2) is 0 Å². The summed E-state index contributed by atoms with van der Waals surface area (Å²) >= 11 is 0. The van der Waals surface area contributed by atoms with Crippen LogP contribution in [0.25, 0.3) is 0 Å². The van der Waals surface area contributed by atoms with Crippen LogP contribution >= 0.6 is 0 Å². The molecule has 22 heavy (non-hydrogen) atoms. The fraction of sp³-hybridized carbons (Fsp3) is 0.176. The van der Waals surface area contributed by atoms with E-state index in [1.165, 1.54) is 12.1 Å². The Labute approximate surface area is 128 Å². The second kappa shape index (κ2) is 7.26. The number of carboxylic acid groups (broad SMARTS) is 1. The van der Waals surface area contributed by atoms with Crippen molar-refractivity contribution >= 4 is 17.6 Å². The van der Waals surface area contributed by atoms with Crippen molar-refractivity contribution in [3.8, 4) is 5.75 Å². The van der Waals surface area contributed by atoms with Crippen molar-refractivity contribution < 1.29 is 19.4 Å². The minimum Gasteiger partial charge on any atom is -0.491 e. The fourth-order valence-corrected chi connectivity index (χ4v) is 1.97. The lowest BCUT2D eigenvalue weighted by Crippen LogP contribution is -2.17. The van der Waals surface area contributed by atoms with Gasteiger partial charge in [0.1, 0.15) is 5.75 Å². The third-order valence-corrected chi connectivity index (χ3v) is 3.00. The Morgan fingerprint density at radius 3 is 2.36 bits per heavy atom. The number of rotatable bonds is 6. The van der Waals surface area contributed by atoms with Gasteiger partial charge in [-0.1, -0.05) is 31.2 Å². The van der Waals surface area contributed by atoms with Crippen LogP contribution in [-0.4, -0.2) is 23.6 Å². The highest BCUT2D eigenvalue weighted by atomic mass is 16.5. The smallest absolute Gasteiger partial charge is 0.336 e. The van der Waals surface area contributed by atoms with Crippen LogP contribution in [0.3, 0.4) is 0 Å². The summed E-state index contributed by atoms with van der Waals surface area (Å²) in [5.74, 6) is -1.06. The van der Waals surface area contributed by atoms with E-state index >= 15 is 0 Å². The summed E-state index contributed by atoms with van der Waals surface area (Å²) < 4.78 is 5.57. The van der Waals surface area contributed by atoms with Crippen molar-refractivity contribution in [1.29, 1.82) is 0 Å². The van der Waals surface area contributed by atoms with Crippen LogP contribution in [0.2, 0.25) is 0 Å². The molecule has 2 rings (SSSR count). The fourth-order valence-electron chi connectivity index (χ4n) is 1.97. The van der Waals surface area contributed by atoms with Gasteiger partial charge in [-0.3, -0.25) is 4.79 Å². The first-order chi connectivity index (χ1) is 10.6. The molecule has 114 valence electrons. The molecule has 0 unspecified atom stereocenters. The lowest BCUT2D eigenvalue weighted by atomic mass is 10.1. The van der Waals surface area contributed by atoms with Crippen molar-refractivity contribution in [2.45, 2.75) is 13.3 Å². The average molecular weight is 299 g/mol. The van der Waals surface area contributed by atoms with Crippen LogP contribution in [0, 0.1) is 0 Å². The number of nitrogens with one attached hydrogen (secondary N) is 1. The standard InChI is InChI=1S/C17H17NO4/c1-2-11-22-15-10-6-5-9-14(15)18-16(19)12-7-3-4-8-13(12)17(20)21/h3-10H,2,11H2,1H3,(H,18,19)(H,20,21). The third kappa shape index (κ3) is 3.63. The number of anilines is 1. The van der Waals surface area contributed by atoms with Gasteiger partial charge in [-0.2, -0.15) is 0 Å². The number of carbonyl (C=O) groups is 2. The minimum atomic E-state index is -1.14. The summed E-state index contributed by atoms with van der Waals surface area (Å²) in [6.45, 7) is 2.53. The maximum absolute atomic E-state index is 12.3. The Balaban J connectivity index is 2.25. The number of aromatic carboxylic acids is 1. The third-order valence-electron chi connectivity index (χ3n) is 3.00. The van der Waals surface area contributed by atoms with Crippen LogP contribution in [0.4, 0.5) is 5.69 Å². The molecule has 0 spiro atoms. The Morgan fingerprint density at radius 1 is 1.05 bits per heavy atom. The number of ether oxygens (including phenoxy) is 1. The molecule has 0 aliphatic heterocycles. The minimum absolute atomic E-state index is 0.0352. The molecule has 0 saturated heterocycles. The zero-order chi connectivity index (χ0) is 15.9. The molecule has 0 bridgehead atoms. The number of hydrogen-bond acceptors (Lipinski definition) is 3. The van der Waals surface area contributed by atoms with Gasteiger partial charge in [0, 0.05) is 0 Å². The first-order valence-corrected chi connectivity index (χ1v) is 6.99. The molecule has 2 aromatic rings. The topological polar surface area (TPSA) is 75.6 Å². The SMILES string of the molecule is CCCOc1ccccc1NC(=O)c1ccccc1C(=O)O. The zero-order valence-electron chi connectivity index (χ0n) is 12.2. The predicted octanol–water partition coefficient (Wildman–Crippen LogP) is 3.43. The number of hydrogen-bond donors (Lipinski definition) is 2. The van der Waals surface area contributed by atoms with Gasteiger partial charge >= 0.3 is 5.97 Å². The van der Waals surface area contributed by atoms with E-state index in [-0.39, 0.29) is 11.1 Å². The van der Waals surface area contributed by atoms with Crippen molar-refractivity contribution in [3.63, 3.8) is 0 Å². The molecule has 0 atom stereocenters. The Morgan fingerprint density at radius 2 is 1.68 bits per heavy atom. The summed E-state index contributed by atoms with van der Waals surface area (Å²) in [6.07, 6.45) is 0.851. The first kappa shape index (κ1) is 15.6. The second-order valence-corrected chi connectivity index (χ2v) is 4.65. The molecule has 0 aliphatic carbocycles. The van der Waals surface area contributed by atoms with E-state index in [1.54, 1.807) is 30.3 Å². The predicted molar refractivity (Wildman–Crippen MR) is 83.6 cm³/mol. The van der Waals surface area contributed by atoms with Crippen molar-refractivity contribution in [2.75, 3.05) is 11.9 Å². The van der Waals surface area contributed by atoms with E-state index in [2.05, 4.69) is 5.32 Å². The van der Waals surface area contributed by atoms with Gasteiger partial charge in [0.25, 0.3) is 5.91 Å². The largest absolute Gasteiger partial charge is 0.491 e. The molecule has 0 heterocycles. The average Bonchev–Trinajstić information content (AvgIpc) is 2.54. The van der Waals surface area contributed by atoms with Gasteiger partial charge in [0.2, 0.25) is 0 Å². The summed E-state index contributed by atoms with van der Waals surface area (Å²) in [6, 6.07) is 13.1. The molecule has 5 heteroatoms. The molecular formula is C17H17NO4. The number of amides is 1. The van der Waals surface area contributed by atoms with E-state index in [1.807, 2.05) is 13.0 Å². The molecule has 5 nitrogen and oxygen atoms in total. The normalized spacial score (nSPS) is 10.0. The summed E-state index contributed by atoms with van der Waals surface area (Å²) in [7, 11) is 0. The molecule has 0 aromatic heterocycles. The Kier molecular flexibility index (Phi) is 5.14. The lowest BCUT2D eigenvalue weighted by molar-refractivity contribution is 0.0692. The molecule has 1 amide bonds. The first-order valence-electron chi connectivity index (χ1n) is 6.99. The highest BCUT2D eigenvalue weighted by Gasteiger charge is 2.17. The molecule has 0 radical (unpaired) electrons. The highest BCUT2D eigenvalue weighted by Crippen LogP contribution is 2.25. The van der Waals surface area contributed by atoms with Gasteiger partial charge in [-0.05, 0) is 30.7 Å². The molecule has 2 N–H and O–H groups in total. The van der Waals surface area contributed by atoms with Crippen molar-refractivity contribution in [2.24, 2.45) is 0 Å². The quantitative estimate of drug-likeness (QED) is 0.857. The number of carboxylic acids is 1. The summed E-state index contributed by atoms with van der Waals surface area (Å²) in [5, 5.41) is 11.9. The van der Waals surface area contributed by atoms with Crippen LogP contribution in [0.15, 0.2) is 48.5 Å². The molecule has 0 saturated carbocycles. The van der Waals surface area contributed by atoms with Crippen molar-refractivity contribution in [1.82, 2.24) is 0 Å². The molecular weight excluding hydrogens is 282 g/mol. The van der Waals surface area contributed by atoms with Crippen LogP contribution in [0.5, 0.6) is 5.75 Å². The molecule has 0 fully saturated rings.